The van der Waals surface area contributed by atoms with E-state index in [1.807, 2.05) is 0 Å². The van der Waals surface area contributed by atoms with Crippen LogP contribution in [0.4, 0.5) is 0 Å². The van der Waals surface area contributed by atoms with E-state index >= 15 is 0 Å². The third kappa shape index (κ3) is 9.42. The molecule has 0 aromatic carbocycles. The van der Waals surface area contributed by atoms with Gasteiger partial charge in [0, 0.05) is 12.6 Å². The van der Waals surface area contributed by atoms with Crippen LogP contribution in [0.2, 0.25) is 0 Å². The van der Waals surface area contributed by atoms with Crippen LogP contribution in [-0.4, -0.2) is 36.5 Å². The Balaban J connectivity index is 3.77. The molecule has 0 radical (unpaired) electrons. The van der Waals surface area contributed by atoms with Crippen LogP contribution >= 0.6 is 0 Å². The summed E-state index contributed by atoms with van der Waals surface area (Å²) in [5.74, 6) is 1.33. The summed E-state index contributed by atoms with van der Waals surface area (Å²) in [6, 6.07) is 0.456. The minimum absolute atomic E-state index is 0.228. The summed E-state index contributed by atoms with van der Waals surface area (Å²) < 4.78 is 5.67. The minimum Gasteiger partial charge on any atom is -0.389 e. The van der Waals surface area contributed by atoms with E-state index in [1.165, 1.54) is 12.8 Å². The van der Waals surface area contributed by atoms with Gasteiger partial charge >= 0.3 is 0 Å². The van der Waals surface area contributed by atoms with Crippen LogP contribution in [0.1, 0.15) is 60.8 Å². The smallest absolute Gasteiger partial charge is 0.0897 e. The molecule has 0 aliphatic carbocycles. The Kier molecular flexibility index (Phi) is 10.6. The van der Waals surface area contributed by atoms with E-state index < -0.39 is 6.10 Å². The quantitative estimate of drug-likeness (QED) is 0.607. The zero-order valence-corrected chi connectivity index (χ0v) is 13.8. The predicted octanol–water partition coefficient (Wildman–Crippen LogP) is 3.21. The van der Waals surface area contributed by atoms with E-state index in [4.69, 9.17) is 4.74 Å². The van der Waals surface area contributed by atoms with Crippen molar-refractivity contribution in [1.82, 2.24) is 5.32 Å². The van der Waals surface area contributed by atoms with Crippen LogP contribution in [0.15, 0.2) is 0 Å². The molecule has 2 N–H and O–H groups in total. The van der Waals surface area contributed by atoms with E-state index in [0.29, 0.717) is 31.0 Å². The summed E-state index contributed by atoms with van der Waals surface area (Å²) in [5.41, 5.74) is 0. The maximum Gasteiger partial charge on any atom is 0.0897 e. The van der Waals surface area contributed by atoms with Gasteiger partial charge in [-0.15, -0.1) is 0 Å². The van der Waals surface area contributed by atoms with Crippen molar-refractivity contribution in [3.8, 4) is 0 Å². The lowest BCUT2D eigenvalue weighted by Gasteiger charge is -2.24. The van der Waals surface area contributed by atoms with Crippen LogP contribution in [0.25, 0.3) is 0 Å². The second kappa shape index (κ2) is 10.6. The molecule has 0 bridgehead atoms. The SMILES string of the molecule is CCC(CC)C(C)NCC(O)COC(C)CC(C)C. The first-order valence-electron chi connectivity index (χ1n) is 7.93. The van der Waals surface area contributed by atoms with Crippen molar-refractivity contribution in [2.45, 2.75) is 79.1 Å². The maximum atomic E-state index is 9.92. The number of ether oxygens (including phenoxy) is 1. The molecule has 3 unspecified atom stereocenters. The molecule has 0 fully saturated rings. The van der Waals surface area contributed by atoms with Crippen molar-refractivity contribution >= 4 is 0 Å². The molecule has 0 aliphatic heterocycles. The van der Waals surface area contributed by atoms with Crippen molar-refractivity contribution in [1.29, 1.82) is 0 Å². The molecule has 0 rings (SSSR count). The monoisotopic (exact) mass is 273 g/mol. The van der Waals surface area contributed by atoms with Gasteiger partial charge < -0.3 is 15.2 Å². The molecule has 116 valence electrons. The average molecular weight is 273 g/mol. The number of rotatable bonds is 11. The topological polar surface area (TPSA) is 41.5 Å². The van der Waals surface area contributed by atoms with Gasteiger partial charge in [-0.1, -0.05) is 40.5 Å². The first-order chi connectivity index (χ1) is 8.90. The molecule has 0 aromatic rings. The summed E-state index contributed by atoms with van der Waals surface area (Å²) in [4.78, 5) is 0. The molecular formula is C16H35NO2. The van der Waals surface area contributed by atoms with E-state index in [-0.39, 0.29) is 6.10 Å². The van der Waals surface area contributed by atoms with Crippen LogP contribution in [0.3, 0.4) is 0 Å². The summed E-state index contributed by atoms with van der Waals surface area (Å²) in [7, 11) is 0. The van der Waals surface area contributed by atoms with Crippen LogP contribution in [0.5, 0.6) is 0 Å². The Morgan fingerprint density at radius 3 is 2.11 bits per heavy atom. The van der Waals surface area contributed by atoms with E-state index in [1.54, 1.807) is 0 Å². The zero-order valence-electron chi connectivity index (χ0n) is 13.8. The van der Waals surface area contributed by atoms with Gasteiger partial charge in [-0.05, 0) is 32.1 Å². The second-order valence-corrected chi connectivity index (χ2v) is 6.20. The van der Waals surface area contributed by atoms with Crippen LogP contribution in [0, 0.1) is 11.8 Å². The van der Waals surface area contributed by atoms with Crippen molar-refractivity contribution in [2.75, 3.05) is 13.2 Å². The molecule has 19 heavy (non-hydrogen) atoms. The molecule has 0 heterocycles. The summed E-state index contributed by atoms with van der Waals surface area (Å²) in [6.45, 7) is 14.1. The van der Waals surface area contributed by atoms with Gasteiger partial charge in [0.25, 0.3) is 0 Å². The van der Waals surface area contributed by atoms with Gasteiger partial charge in [-0.3, -0.25) is 0 Å². The lowest BCUT2D eigenvalue weighted by molar-refractivity contribution is -0.00967. The van der Waals surface area contributed by atoms with E-state index in [2.05, 4.69) is 46.9 Å². The number of hydrogen-bond acceptors (Lipinski definition) is 3. The van der Waals surface area contributed by atoms with Gasteiger partial charge in [0.15, 0.2) is 0 Å². The highest BCUT2D eigenvalue weighted by atomic mass is 16.5. The number of nitrogens with one attached hydrogen (secondary N) is 1. The summed E-state index contributed by atoms with van der Waals surface area (Å²) in [5, 5.41) is 13.3. The molecule has 0 spiro atoms. The lowest BCUT2D eigenvalue weighted by atomic mass is 9.95. The van der Waals surface area contributed by atoms with Crippen LogP contribution in [-0.2, 0) is 4.74 Å². The Morgan fingerprint density at radius 2 is 1.63 bits per heavy atom. The molecule has 0 amide bonds. The molecule has 3 heteroatoms. The predicted molar refractivity (Wildman–Crippen MR) is 82.4 cm³/mol. The normalized spacial score (nSPS) is 16.9. The van der Waals surface area contributed by atoms with E-state index in [0.717, 1.165) is 6.42 Å². The highest BCUT2D eigenvalue weighted by Crippen LogP contribution is 2.12. The van der Waals surface area contributed by atoms with Gasteiger partial charge in [0.2, 0.25) is 0 Å². The molecule has 3 nitrogen and oxygen atoms in total. The second-order valence-electron chi connectivity index (χ2n) is 6.20. The number of aliphatic hydroxyl groups excluding tert-OH is 1. The highest BCUT2D eigenvalue weighted by Gasteiger charge is 2.15. The van der Waals surface area contributed by atoms with Gasteiger partial charge in [-0.25, -0.2) is 0 Å². The first kappa shape index (κ1) is 18.9. The van der Waals surface area contributed by atoms with Crippen LogP contribution < -0.4 is 5.32 Å². The summed E-state index contributed by atoms with van der Waals surface area (Å²) >= 11 is 0. The molecule has 0 aliphatic rings. The molecule has 0 saturated heterocycles. The van der Waals surface area contributed by atoms with Crippen molar-refractivity contribution in [3.05, 3.63) is 0 Å². The van der Waals surface area contributed by atoms with E-state index in [9.17, 15) is 5.11 Å². The Bertz CT molecular complexity index is 205. The van der Waals surface area contributed by atoms with Gasteiger partial charge in [0.05, 0.1) is 18.8 Å². The largest absolute Gasteiger partial charge is 0.389 e. The summed E-state index contributed by atoms with van der Waals surface area (Å²) in [6.07, 6.45) is 3.23. The molecule has 3 atom stereocenters. The average Bonchev–Trinajstić information content (AvgIpc) is 2.34. The zero-order chi connectivity index (χ0) is 14.8. The first-order valence-corrected chi connectivity index (χ1v) is 7.93. The molecule has 0 aromatic heterocycles. The maximum absolute atomic E-state index is 9.92. The third-order valence-electron chi connectivity index (χ3n) is 3.81. The number of hydrogen-bond donors (Lipinski definition) is 2. The third-order valence-corrected chi connectivity index (χ3v) is 3.81. The fourth-order valence-electron chi connectivity index (χ4n) is 2.55. The van der Waals surface area contributed by atoms with Gasteiger partial charge in [0.1, 0.15) is 0 Å². The van der Waals surface area contributed by atoms with Crippen molar-refractivity contribution in [2.24, 2.45) is 11.8 Å². The Hall–Kier alpha value is -0.120. The van der Waals surface area contributed by atoms with Gasteiger partial charge in [-0.2, -0.15) is 0 Å². The fraction of sp³-hybridized carbons (Fsp3) is 1.00. The fourth-order valence-corrected chi connectivity index (χ4v) is 2.55. The molecule has 0 saturated carbocycles. The van der Waals surface area contributed by atoms with Crippen molar-refractivity contribution in [3.63, 3.8) is 0 Å². The minimum atomic E-state index is -0.411. The Labute approximate surface area is 120 Å². The Morgan fingerprint density at radius 1 is 1.05 bits per heavy atom. The lowest BCUT2D eigenvalue weighted by Crippen LogP contribution is -2.40. The van der Waals surface area contributed by atoms with Crippen molar-refractivity contribution < 1.29 is 9.84 Å². The molecular weight excluding hydrogens is 238 g/mol. The number of aliphatic hydroxyl groups is 1. The standard InChI is InChI=1S/C16H35NO2/c1-7-15(8-2)14(6)17-10-16(18)11-19-13(5)9-12(3)4/h12-18H,7-11H2,1-6H3. The highest BCUT2D eigenvalue weighted by molar-refractivity contribution is 4.72.